The fourth-order valence-corrected chi connectivity index (χ4v) is 4.35. The number of aromatic carboxylic acids is 1. The fourth-order valence-electron chi connectivity index (χ4n) is 2.72. The number of carboxylic acid groups (broad SMARTS) is 1. The van der Waals surface area contributed by atoms with Crippen LogP contribution in [0.1, 0.15) is 28.8 Å². The van der Waals surface area contributed by atoms with E-state index in [-0.39, 0.29) is 16.4 Å². The van der Waals surface area contributed by atoms with E-state index < -0.39 is 16.0 Å². The maximum Gasteiger partial charge on any atom is 0.335 e. The molecule has 0 aliphatic carbocycles. The Hall–Kier alpha value is -2.34. The predicted molar refractivity (Wildman–Crippen MR) is 82.8 cm³/mol. The van der Waals surface area contributed by atoms with Crippen molar-refractivity contribution in [3.63, 3.8) is 0 Å². The molecule has 2 aromatic carbocycles. The Labute approximate surface area is 128 Å². The fraction of sp³-hybridized carbons (Fsp3) is 0.188. The Balaban J connectivity index is 2.09. The number of hydrogen-bond donors (Lipinski definition) is 1. The number of fused-ring (bicyclic) bond motifs is 1. The largest absolute Gasteiger partial charge is 0.478 e. The van der Waals surface area contributed by atoms with Gasteiger partial charge < -0.3 is 5.11 Å². The van der Waals surface area contributed by atoms with Gasteiger partial charge in [0.15, 0.2) is 0 Å². The maximum atomic E-state index is 12.9. The predicted octanol–water partition coefficient (Wildman–Crippen LogP) is 2.70. The number of hydrogen-bond acceptors (Lipinski definition) is 3. The topological polar surface area (TPSA) is 74.7 Å². The number of rotatable bonds is 3. The van der Waals surface area contributed by atoms with Crippen LogP contribution in [0, 0.1) is 0 Å². The molecule has 1 atom stereocenters. The quantitative estimate of drug-likeness (QED) is 0.944. The van der Waals surface area contributed by atoms with Crippen LogP contribution < -0.4 is 4.31 Å². The molecule has 0 amide bonds. The molecule has 22 heavy (non-hydrogen) atoms. The maximum absolute atomic E-state index is 12.9. The number of carboxylic acids is 1. The van der Waals surface area contributed by atoms with Gasteiger partial charge >= 0.3 is 5.97 Å². The van der Waals surface area contributed by atoms with Crippen molar-refractivity contribution in [2.45, 2.75) is 17.7 Å². The lowest BCUT2D eigenvalue weighted by molar-refractivity contribution is 0.0696. The van der Waals surface area contributed by atoms with Crippen LogP contribution in [0.4, 0.5) is 5.69 Å². The average molecular weight is 317 g/mol. The standard InChI is InChI=1S/C16H15NO4S/c1-11-10-17(15-8-3-2-7-14(11)15)22(20,21)13-6-4-5-12(9-13)16(18)19/h2-9,11H,10H2,1H3,(H,18,19)/t11-/m1/s1. The monoisotopic (exact) mass is 317 g/mol. The van der Waals surface area contributed by atoms with Crippen molar-refractivity contribution >= 4 is 21.7 Å². The van der Waals surface area contributed by atoms with Gasteiger partial charge in [0.1, 0.15) is 0 Å². The summed E-state index contributed by atoms with van der Waals surface area (Å²) in [5, 5.41) is 9.03. The van der Waals surface area contributed by atoms with Gasteiger partial charge in [-0.2, -0.15) is 0 Å². The van der Waals surface area contributed by atoms with Crippen LogP contribution in [-0.2, 0) is 10.0 Å². The molecule has 1 aliphatic heterocycles. The Bertz CT molecular complexity index is 845. The average Bonchev–Trinajstić information content (AvgIpc) is 2.86. The van der Waals surface area contributed by atoms with Crippen LogP contribution >= 0.6 is 0 Å². The van der Waals surface area contributed by atoms with Crippen LogP contribution in [0.5, 0.6) is 0 Å². The van der Waals surface area contributed by atoms with Gasteiger partial charge in [-0.25, -0.2) is 13.2 Å². The van der Waals surface area contributed by atoms with Gasteiger partial charge in [0.2, 0.25) is 0 Å². The number of para-hydroxylation sites is 1. The Morgan fingerprint density at radius 1 is 1.18 bits per heavy atom. The number of anilines is 1. The summed E-state index contributed by atoms with van der Waals surface area (Å²) in [6.45, 7) is 2.33. The van der Waals surface area contributed by atoms with Crippen molar-refractivity contribution in [2.24, 2.45) is 0 Å². The highest BCUT2D eigenvalue weighted by Crippen LogP contribution is 2.39. The molecule has 0 fully saturated rings. The van der Waals surface area contributed by atoms with E-state index in [0.717, 1.165) is 5.56 Å². The third-order valence-corrected chi connectivity index (χ3v) is 5.62. The normalized spacial score (nSPS) is 17.3. The van der Waals surface area contributed by atoms with Crippen LogP contribution in [-0.4, -0.2) is 26.0 Å². The van der Waals surface area contributed by atoms with Crippen molar-refractivity contribution < 1.29 is 18.3 Å². The molecule has 0 radical (unpaired) electrons. The molecule has 0 saturated heterocycles. The molecule has 1 aliphatic rings. The Morgan fingerprint density at radius 2 is 1.91 bits per heavy atom. The highest BCUT2D eigenvalue weighted by molar-refractivity contribution is 7.92. The van der Waals surface area contributed by atoms with Gasteiger partial charge in [0, 0.05) is 12.5 Å². The van der Waals surface area contributed by atoms with Gasteiger partial charge in [-0.1, -0.05) is 31.2 Å². The van der Waals surface area contributed by atoms with Gasteiger partial charge in [-0.15, -0.1) is 0 Å². The van der Waals surface area contributed by atoms with Crippen molar-refractivity contribution in [3.05, 3.63) is 59.7 Å². The van der Waals surface area contributed by atoms with Crippen LogP contribution in [0.25, 0.3) is 0 Å². The number of sulfonamides is 1. The van der Waals surface area contributed by atoms with Crippen LogP contribution in [0.15, 0.2) is 53.4 Å². The van der Waals surface area contributed by atoms with E-state index in [9.17, 15) is 13.2 Å². The first-order valence-corrected chi connectivity index (χ1v) is 8.30. The Morgan fingerprint density at radius 3 is 2.64 bits per heavy atom. The molecular weight excluding hydrogens is 302 g/mol. The van der Waals surface area contributed by atoms with E-state index in [1.54, 1.807) is 12.1 Å². The first-order chi connectivity index (χ1) is 10.4. The first-order valence-electron chi connectivity index (χ1n) is 6.86. The molecule has 0 aromatic heterocycles. The minimum atomic E-state index is -3.77. The van der Waals surface area contributed by atoms with E-state index in [1.165, 1.54) is 28.6 Å². The highest BCUT2D eigenvalue weighted by atomic mass is 32.2. The van der Waals surface area contributed by atoms with E-state index >= 15 is 0 Å². The SMILES string of the molecule is C[C@@H]1CN(S(=O)(=O)c2cccc(C(=O)O)c2)c2ccccc21. The van der Waals surface area contributed by atoms with E-state index in [1.807, 2.05) is 19.1 Å². The molecule has 1 heterocycles. The summed E-state index contributed by atoms with van der Waals surface area (Å²) in [5.41, 5.74) is 1.61. The molecular formula is C16H15NO4S. The smallest absolute Gasteiger partial charge is 0.335 e. The molecule has 0 bridgehead atoms. The molecule has 0 saturated carbocycles. The Kier molecular flexibility index (Phi) is 3.41. The summed E-state index contributed by atoms with van der Waals surface area (Å²) < 4.78 is 27.1. The lowest BCUT2D eigenvalue weighted by Gasteiger charge is -2.20. The zero-order valence-electron chi connectivity index (χ0n) is 11.9. The molecule has 3 rings (SSSR count). The van der Waals surface area contributed by atoms with Gasteiger partial charge in [0.05, 0.1) is 16.1 Å². The molecule has 0 spiro atoms. The van der Waals surface area contributed by atoms with Crippen molar-refractivity contribution in [1.29, 1.82) is 0 Å². The van der Waals surface area contributed by atoms with Gasteiger partial charge in [0.25, 0.3) is 10.0 Å². The minimum absolute atomic E-state index is 0.00342. The third kappa shape index (κ3) is 2.25. The van der Waals surface area contributed by atoms with E-state index in [2.05, 4.69) is 0 Å². The zero-order valence-corrected chi connectivity index (χ0v) is 12.7. The van der Waals surface area contributed by atoms with Crippen molar-refractivity contribution in [2.75, 3.05) is 10.8 Å². The number of benzene rings is 2. The molecule has 6 heteroatoms. The lowest BCUT2D eigenvalue weighted by Crippen LogP contribution is -2.29. The zero-order chi connectivity index (χ0) is 15.9. The van der Waals surface area contributed by atoms with Gasteiger partial charge in [-0.3, -0.25) is 4.31 Å². The molecule has 1 N–H and O–H groups in total. The van der Waals surface area contributed by atoms with Crippen LogP contribution in [0.2, 0.25) is 0 Å². The number of carbonyl (C=O) groups is 1. The van der Waals surface area contributed by atoms with Crippen LogP contribution in [0.3, 0.4) is 0 Å². The summed E-state index contributed by atoms with van der Waals surface area (Å²) in [4.78, 5) is 11.0. The second kappa shape index (κ2) is 5.14. The molecule has 0 unspecified atom stereocenters. The lowest BCUT2D eigenvalue weighted by atomic mass is 10.0. The second-order valence-electron chi connectivity index (χ2n) is 5.33. The summed E-state index contributed by atoms with van der Waals surface area (Å²) >= 11 is 0. The highest BCUT2D eigenvalue weighted by Gasteiger charge is 2.34. The third-order valence-electron chi connectivity index (χ3n) is 3.85. The molecule has 2 aromatic rings. The van der Waals surface area contributed by atoms with Crippen molar-refractivity contribution in [1.82, 2.24) is 0 Å². The van der Waals surface area contributed by atoms with E-state index in [0.29, 0.717) is 12.2 Å². The first kappa shape index (κ1) is 14.6. The van der Waals surface area contributed by atoms with Gasteiger partial charge in [-0.05, 0) is 29.8 Å². The minimum Gasteiger partial charge on any atom is -0.478 e. The number of nitrogens with zero attached hydrogens (tertiary/aromatic N) is 1. The summed E-state index contributed by atoms with van der Waals surface area (Å²) in [6, 6.07) is 12.8. The molecule has 114 valence electrons. The second-order valence-corrected chi connectivity index (χ2v) is 7.19. The molecule has 5 nitrogen and oxygen atoms in total. The summed E-state index contributed by atoms with van der Waals surface area (Å²) in [6.07, 6.45) is 0. The summed E-state index contributed by atoms with van der Waals surface area (Å²) in [5.74, 6) is -1.04. The van der Waals surface area contributed by atoms with E-state index in [4.69, 9.17) is 5.11 Å². The van der Waals surface area contributed by atoms with Crippen molar-refractivity contribution in [3.8, 4) is 0 Å². The summed E-state index contributed by atoms with van der Waals surface area (Å²) in [7, 11) is -3.77.